The molecule has 0 radical (unpaired) electrons. The molecule has 0 amide bonds. The lowest BCUT2D eigenvalue weighted by Crippen LogP contribution is -2.49. The van der Waals surface area contributed by atoms with Gasteiger partial charge in [-0.2, -0.15) is 0 Å². The molecule has 4 rings (SSSR count). The molecule has 4 aromatic rings. The van der Waals surface area contributed by atoms with E-state index in [-0.39, 0.29) is 29.1 Å². The number of hydrogen-bond donors (Lipinski definition) is 0. The number of benzene rings is 4. The molecular formula is C45H60O3PSi+. The molecule has 50 heavy (non-hydrogen) atoms. The summed E-state index contributed by atoms with van der Waals surface area (Å²) in [4.78, 5) is 0. The van der Waals surface area contributed by atoms with E-state index in [1.54, 1.807) is 7.11 Å². The molecule has 0 heterocycles. The Kier molecular flexibility index (Phi) is 14.5. The Bertz CT molecular complexity index is 1500. The van der Waals surface area contributed by atoms with Crippen LogP contribution >= 0.6 is 7.26 Å². The van der Waals surface area contributed by atoms with Crippen molar-refractivity contribution in [3.63, 3.8) is 0 Å². The summed E-state index contributed by atoms with van der Waals surface area (Å²) in [6, 6.07) is 41.8. The zero-order valence-corrected chi connectivity index (χ0v) is 33.6. The van der Waals surface area contributed by atoms with Gasteiger partial charge in [-0.05, 0) is 91.0 Å². The van der Waals surface area contributed by atoms with Crippen molar-refractivity contribution in [2.45, 2.75) is 84.4 Å². The summed E-state index contributed by atoms with van der Waals surface area (Å²) in [7, 11) is -2.34. The average molecular weight is 708 g/mol. The van der Waals surface area contributed by atoms with E-state index >= 15 is 0 Å². The smallest absolute Gasteiger partial charge is 0.192 e. The van der Waals surface area contributed by atoms with Crippen molar-refractivity contribution >= 4 is 31.5 Å². The third kappa shape index (κ3) is 9.95. The standard InChI is InChI=1S/C45H60O3PSi/c1-10-11-22-36(2)44(48-50(8,9)45(4,5)6)37(3)43(47-35-38-30-32-39(46-7)33-31-38)29-21-34-49(40-23-15-12-16-24-40,41-25-17-13-18-26-41)42-27-19-14-20-28-42/h10-20,22-28,30-33,36-37,43-44H,1,21,29,34-35H2,2-9H3/q+1/b22-11-/t36-,37-,43+,44-/m0/s1. The number of hydrogen-bond acceptors (Lipinski definition) is 3. The Morgan fingerprint density at radius 1 is 0.760 bits per heavy atom. The SMILES string of the molecule is C=C/C=C\[C@H](C)[C@H](O[Si](C)(C)C(C)(C)C)[C@@H](C)[C@@H](CCC[P+](c1ccccc1)(c1ccccc1)c1ccccc1)OCc1ccc(OC)cc1. The summed E-state index contributed by atoms with van der Waals surface area (Å²) in [6.07, 6.45) is 9.18. The van der Waals surface area contributed by atoms with Gasteiger partial charge in [0.05, 0.1) is 32.1 Å². The molecule has 0 aliphatic rings. The summed E-state index contributed by atoms with van der Waals surface area (Å²) >= 11 is 0. The van der Waals surface area contributed by atoms with Gasteiger partial charge in [-0.25, -0.2) is 0 Å². The Labute approximate surface area is 305 Å². The largest absolute Gasteiger partial charge is 0.497 e. The van der Waals surface area contributed by atoms with Crippen molar-refractivity contribution < 1.29 is 13.9 Å². The van der Waals surface area contributed by atoms with Crippen LogP contribution in [0.25, 0.3) is 0 Å². The van der Waals surface area contributed by atoms with E-state index in [1.807, 2.05) is 18.2 Å². The highest BCUT2D eigenvalue weighted by Crippen LogP contribution is 2.56. The van der Waals surface area contributed by atoms with Crippen molar-refractivity contribution in [2.24, 2.45) is 11.8 Å². The topological polar surface area (TPSA) is 27.7 Å². The van der Waals surface area contributed by atoms with Crippen molar-refractivity contribution in [1.82, 2.24) is 0 Å². The first kappa shape index (κ1) is 39.5. The predicted octanol–water partition coefficient (Wildman–Crippen LogP) is 10.8. The third-order valence-electron chi connectivity index (χ3n) is 10.6. The molecule has 0 aromatic heterocycles. The number of rotatable bonds is 18. The monoisotopic (exact) mass is 707 g/mol. The minimum Gasteiger partial charge on any atom is -0.497 e. The normalized spacial score (nSPS) is 15.0. The van der Waals surface area contributed by atoms with Crippen LogP contribution in [0.3, 0.4) is 0 Å². The molecular weight excluding hydrogens is 648 g/mol. The molecule has 3 nitrogen and oxygen atoms in total. The fourth-order valence-corrected chi connectivity index (χ4v) is 12.5. The van der Waals surface area contributed by atoms with Gasteiger partial charge in [0.15, 0.2) is 8.32 Å². The van der Waals surface area contributed by atoms with Gasteiger partial charge in [0.25, 0.3) is 0 Å². The lowest BCUT2D eigenvalue weighted by atomic mass is 9.87. The molecule has 266 valence electrons. The molecule has 0 fully saturated rings. The summed E-state index contributed by atoms with van der Waals surface area (Å²) in [5.74, 6) is 1.21. The Morgan fingerprint density at radius 2 is 1.26 bits per heavy atom. The third-order valence-corrected chi connectivity index (χ3v) is 19.6. The summed E-state index contributed by atoms with van der Waals surface area (Å²) < 4.78 is 19.7. The van der Waals surface area contributed by atoms with Gasteiger partial charge in [-0.1, -0.05) is 126 Å². The van der Waals surface area contributed by atoms with E-state index in [4.69, 9.17) is 13.9 Å². The second-order valence-corrected chi connectivity index (χ2v) is 23.4. The zero-order valence-electron chi connectivity index (χ0n) is 31.7. The predicted molar refractivity (Wildman–Crippen MR) is 221 cm³/mol. The molecule has 0 spiro atoms. The molecule has 0 saturated carbocycles. The lowest BCUT2D eigenvalue weighted by molar-refractivity contribution is -0.0471. The first-order valence-electron chi connectivity index (χ1n) is 18.2. The highest BCUT2D eigenvalue weighted by Gasteiger charge is 2.46. The van der Waals surface area contributed by atoms with E-state index in [9.17, 15) is 0 Å². The summed E-state index contributed by atoms with van der Waals surface area (Å²) in [6.45, 7) is 20.8. The maximum atomic E-state index is 7.31. The molecule has 0 aliphatic heterocycles. The number of methoxy groups -OCH3 is 1. The van der Waals surface area contributed by atoms with Crippen molar-refractivity contribution in [3.8, 4) is 5.75 Å². The van der Waals surface area contributed by atoms with Crippen LogP contribution in [0.2, 0.25) is 18.1 Å². The molecule has 0 unspecified atom stereocenters. The second kappa shape index (κ2) is 18.3. The first-order valence-corrected chi connectivity index (χ1v) is 23.1. The summed E-state index contributed by atoms with van der Waals surface area (Å²) in [5.41, 5.74) is 1.14. The van der Waals surface area contributed by atoms with Gasteiger partial charge < -0.3 is 13.9 Å². The van der Waals surface area contributed by atoms with Gasteiger partial charge in [0.2, 0.25) is 0 Å². The first-order chi connectivity index (χ1) is 23.9. The Hall–Kier alpha value is -3.27. The molecule has 5 heteroatoms. The van der Waals surface area contributed by atoms with Gasteiger partial charge in [-0.3, -0.25) is 0 Å². The van der Waals surface area contributed by atoms with Gasteiger partial charge in [-0.15, -0.1) is 0 Å². The van der Waals surface area contributed by atoms with Crippen LogP contribution in [0.15, 0.2) is 140 Å². The second-order valence-electron chi connectivity index (χ2n) is 15.1. The molecule has 4 aromatic carbocycles. The maximum Gasteiger partial charge on any atom is 0.192 e. The highest BCUT2D eigenvalue weighted by molar-refractivity contribution is 7.95. The van der Waals surface area contributed by atoms with Crippen LogP contribution in [0.5, 0.6) is 5.75 Å². The maximum absolute atomic E-state index is 7.31. The van der Waals surface area contributed by atoms with E-state index in [0.717, 1.165) is 30.3 Å². The molecule has 0 aliphatic carbocycles. The van der Waals surface area contributed by atoms with E-state index in [1.165, 1.54) is 15.9 Å². The fourth-order valence-electron chi connectivity index (χ4n) is 6.62. The van der Waals surface area contributed by atoms with Gasteiger partial charge in [0.1, 0.15) is 28.9 Å². The lowest BCUT2D eigenvalue weighted by Gasteiger charge is -2.44. The molecule has 4 atom stereocenters. The van der Waals surface area contributed by atoms with Gasteiger partial charge >= 0.3 is 0 Å². The van der Waals surface area contributed by atoms with Crippen LogP contribution in [0.1, 0.15) is 53.0 Å². The van der Waals surface area contributed by atoms with Gasteiger partial charge in [0, 0.05) is 5.92 Å². The Balaban J connectivity index is 1.72. The van der Waals surface area contributed by atoms with Crippen LogP contribution < -0.4 is 20.7 Å². The quantitative estimate of drug-likeness (QED) is 0.0585. The van der Waals surface area contributed by atoms with Crippen molar-refractivity contribution in [2.75, 3.05) is 13.3 Å². The molecule has 0 bridgehead atoms. The van der Waals surface area contributed by atoms with E-state index in [0.29, 0.717) is 6.61 Å². The number of ether oxygens (including phenoxy) is 2. The fraction of sp³-hybridized carbons (Fsp3) is 0.378. The Morgan fingerprint density at radius 3 is 1.70 bits per heavy atom. The van der Waals surface area contributed by atoms with Crippen LogP contribution in [0, 0.1) is 11.8 Å². The minimum absolute atomic E-state index is 0.00401. The average Bonchev–Trinajstić information content (AvgIpc) is 3.13. The van der Waals surface area contributed by atoms with E-state index in [2.05, 4.69) is 170 Å². The molecule has 0 N–H and O–H groups in total. The van der Waals surface area contributed by atoms with Crippen molar-refractivity contribution in [3.05, 3.63) is 146 Å². The van der Waals surface area contributed by atoms with Crippen LogP contribution in [0.4, 0.5) is 0 Å². The van der Waals surface area contributed by atoms with Crippen molar-refractivity contribution in [1.29, 1.82) is 0 Å². The van der Waals surface area contributed by atoms with Crippen LogP contribution in [-0.4, -0.2) is 33.8 Å². The van der Waals surface area contributed by atoms with E-state index < -0.39 is 15.6 Å². The zero-order chi connectivity index (χ0) is 36.2. The number of allylic oxidation sites excluding steroid dienone is 2. The molecule has 0 saturated heterocycles. The summed E-state index contributed by atoms with van der Waals surface area (Å²) in [5, 5.41) is 4.35. The van der Waals surface area contributed by atoms with Crippen LogP contribution in [-0.2, 0) is 15.8 Å². The highest BCUT2D eigenvalue weighted by atomic mass is 31.2. The minimum atomic E-state index is -2.09.